The number of rotatable bonds is 5. The first-order valence-corrected chi connectivity index (χ1v) is 6.44. The number of para-hydroxylation sites is 1. The van der Waals surface area contributed by atoms with Crippen molar-refractivity contribution >= 4 is 11.6 Å². The zero-order valence-corrected chi connectivity index (χ0v) is 11.4. The molecular weight excluding hydrogens is 250 g/mol. The molecule has 0 atom stereocenters. The molecule has 0 aliphatic heterocycles. The van der Waals surface area contributed by atoms with Crippen molar-refractivity contribution in [2.24, 2.45) is 0 Å². The highest BCUT2D eigenvalue weighted by atomic mass is 16.5. The van der Waals surface area contributed by atoms with Crippen molar-refractivity contribution in [3.63, 3.8) is 0 Å². The van der Waals surface area contributed by atoms with E-state index in [0.29, 0.717) is 12.2 Å². The number of benzene rings is 2. The Morgan fingerprint density at radius 1 is 1.05 bits per heavy atom. The van der Waals surface area contributed by atoms with Crippen LogP contribution >= 0.6 is 0 Å². The highest BCUT2D eigenvalue weighted by molar-refractivity contribution is 6.03. The van der Waals surface area contributed by atoms with Gasteiger partial charge in [0.2, 0.25) is 0 Å². The van der Waals surface area contributed by atoms with E-state index >= 15 is 0 Å². The standard InChI is InChI=1S/C17H17NO2/c1-14(12-20-13-15-8-4-2-5-9-15)17(19)18-16-10-6-3-7-11-16/h2-12H,13H2,1H3,(H,18,19). The van der Waals surface area contributed by atoms with Crippen molar-refractivity contribution in [2.45, 2.75) is 13.5 Å². The molecule has 0 radical (unpaired) electrons. The molecule has 102 valence electrons. The Bertz CT molecular complexity index is 576. The Balaban J connectivity index is 1.85. The second-order valence-corrected chi connectivity index (χ2v) is 4.42. The van der Waals surface area contributed by atoms with Gasteiger partial charge in [-0.2, -0.15) is 0 Å². The molecule has 0 spiro atoms. The number of carbonyl (C=O) groups excluding carboxylic acids is 1. The second kappa shape index (κ2) is 7.14. The van der Waals surface area contributed by atoms with Gasteiger partial charge in [0.15, 0.2) is 0 Å². The SMILES string of the molecule is CC(=COCc1ccccc1)C(=O)Nc1ccccc1. The first-order chi connectivity index (χ1) is 9.75. The van der Waals surface area contributed by atoms with Gasteiger partial charge in [-0.1, -0.05) is 48.5 Å². The summed E-state index contributed by atoms with van der Waals surface area (Å²) in [5, 5.41) is 2.80. The number of anilines is 1. The number of carbonyl (C=O) groups is 1. The molecule has 3 heteroatoms. The minimum atomic E-state index is -0.163. The fourth-order valence-corrected chi connectivity index (χ4v) is 1.64. The van der Waals surface area contributed by atoms with Crippen LogP contribution in [0.5, 0.6) is 0 Å². The molecule has 2 aromatic carbocycles. The molecule has 0 saturated carbocycles. The van der Waals surface area contributed by atoms with E-state index in [9.17, 15) is 4.79 Å². The topological polar surface area (TPSA) is 38.3 Å². The number of ether oxygens (including phenoxy) is 1. The van der Waals surface area contributed by atoms with Gasteiger partial charge in [-0.3, -0.25) is 4.79 Å². The maximum atomic E-state index is 11.9. The summed E-state index contributed by atoms with van der Waals surface area (Å²) < 4.78 is 5.42. The third kappa shape index (κ3) is 4.28. The number of nitrogens with one attached hydrogen (secondary N) is 1. The predicted octanol–water partition coefficient (Wildman–Crippen LogP) is 3.75. The smallest absolute Gasteiger partial charge is 0.254 e. The van der Waals surface area contributed by atoms with Gasteiger partial charge >= 0.3 is 0 Å². The van der Waals surface area contributed by atoms with E-state index in [4.69, 9.17) is 4.74 Å². The van der Waals surface area contributed by atoms with E-state index in [1.807, 2.05) is 60.7 Å². The van der Waals surface area contributed by atoms with Gasteiger partial charge in [0.05, 0.1) is 6.26 Å². The van der Waals surface area contributed by atoms with Crippen LogP contribution in [0.25, 0.3) is 0 Å². The number of hydrogen-bond donors (Lipinski definition) is 1. The Morgan fingerprint density at radius 3 is 2.30 bits per heavy atom. The van der Waals surface area contributed by atoms with Crippen LogP contribution in [0.15, 0.2) is 72.5 Å². The van der Waals surface area contributed by atoms with Crippen LogP contribution in [0.3, 0.4) is 0 Å². The fourth-order valence-electron chi connectivity index (χ4n) is 1.64. The van der Waals surface area contributed by atoms with E-state index in [-0.39, 0.29) is 5.91 Å². The third-order valence-corrected chi connectivity index (χ3v) is 2.74. The van der Waals surface area contributed by atoms with Gasteiger partial charge in [0.25, 0.3) is 5.91 Å². The van der Waals surface area contributed by atoms with Gasteiger partial charge in [0, 0.05) is 11.3 Å². The van der Waals surface area contributed by atoms with Gasteiger partial charge in [-0.25, -0.2) is 0 Å². The molecule has 0 bridgehead atoms. The molecular formula is C17H17NO2. The summed E-state index contributed by atoms with van der Waals surface area (Å²) in [7, 11) is 0. The quantitative estimate of drug-likeness (QED) is 0.662. The van der Waals surface area contributed by atoms with Crippen LogP contribution in [0.2, 0.25) is 0 Å². The molecule has 20 heavy (non-hydrogen) atoms. The van der Waals surface area contributed by atoms with E-state index in [1.54, 1.807) is 6.92 Å². The van der Waals surface area contributed by atoms with Crippen LogP contribution in [0.1, 0.15) is 12.5 Å². The molecule has 3 nitrogen and oxygen atoms in total. The van der Waals surface area contributed by atoms with Crippen LogP contribution in [0, 0.1) is 0 Å². The summed E-state index contributed by atoms with van der Waals surface area (Å²) >= 11 is 0. The number of hydrogen-bond acceptors (Lipinski definition) is 2. The molecule has 0 fully saturated rings. The monoisotopic (exact) mass is 267 g/mol. The summed E-state index contributed by atoms with van der Waals surface area (Å²) in [6.07, 6.45) is 1.49. The van der Waals surface area contributed by atoms with Crippen molar-refractivity contribution in [3.05, 3.63) is 78.1 Å². The van der Waals surface area contributed by atoms with Crippen molar-refractivity contribution in [1.29, 1.82) is 0 Å². The minimum absolute atomic E-state index is 0.163. The lowest BCUT2D eigenvalue weighted by molar-refractivity contribution is -0.112. The van der Waals surface area contributed by atoms with Crippen LogP contribution in [-0.2, 0) is 16.1 Å². The Labute approximate surface area is 118 Å². The lowest BCUT2D eigenvalue weighted by Crippen LogP contribution is -2.12. The van der Waals surface area contributed by atoms with Crippen LogP contribution < -0.4 is 5.32 Å². The Morgan fingerprint density at radius 2 is 1.65 bits per heavy atom. The molecule has 0 aliphatic rings. The summed E-state index contributed by atoms with van der Waals surface area (Å²) in [5.41, 5.74) is 2.37. The first-order valence-electron chi connectivity index (χ1n) is 6.44. The molecule has 1 amide bonds. The molecule has 2 aromatic rings. The van der Waals surface area contributed by atoms with Gasteiger partial charge in [-0.15, -0.1) is 0 Å². The lowest BCUT2D eigenvalue weighted by Gasteiger charge is -2.06. The molecule has 0 aliphatic carbocycles. The summed E-state index contributed by atoms with van der Waals surface area (Å²) in [5.74, 6) is -0.163. The summed E-state index contributed by atoms with van der Waals surface area (Å²) in [6.45, 7) is 2.18. The summed E-state index contributed by atoms with van der Waals surface area (Å²) in [6, 6.07) is 19.2. The third-order valence-electron chi connectivity index (χ3n) is 2.74. The van der Waals surface area contributed by atoms with Crippen molar-refractivity contribution in [1.82, 2.24) is 0 Å². The highest BCUT2D eigenvalue weighted by Gasteiger charge is 2.04. The zero-order valence-electron chi connectivity index (χ0n) is 11.4. The zero-order chi connectivity index (χ0) is 14.2. The maximum Gasteiger partial charge on any atom is 0.254 e. The first kappa shape index (κ1) is 13.9. The molecule has 0 heterocycles. The summed E-state index contributed by atoms with van der Waals surface area (Å²) in [4.78, 5) is 11.9. The second-order valence-electron chi connectivity index (χ2n) is 4.42. The largest absolute Gasteiger partial charge is 0.496 e. The van der Waals surface area contributed by atoms with Gasteiger partial charge in [0.1, 0.15) is 6.61 Å². The molecule has 0 saturated heterocycles. The van der Waals surface area contributed by atoms with E-state index in [2.05, 4.69) is 5.32 Å². The van der Waals surface area contributed by atoms with E-state index < -0.39 is 0 Å². The van der Waals surface area contributed by atoms with E-state index in [0.717, 1.165) is 11.3 Å². The van der Waals surface area contributed by atoms with Crippen molar-refractivity contribution in [3.8, 4) is 0 Å². The normalized spacial score (nSPS) is 10.9. The predicted molar refractivity (Wildman–Crippen MR) is 80.1 cm³/mol. The maximum absolute atomic E-state index is 11.9. The van der Waals surface area contributed by atoms with Gasteiger partial charge in [-0.05, 0) is 24.6 Å². The highest BCUT2D eigenvalue weighted by Crippen LogP contribution is 2.08. The van der Waals surface area contributed by atoms with Crippen LogP contribution in [-0.4, -0.2) is 5.91 Å². The van der Waals surface area contributed by atoms with E-state index in [1.165, 1.54) is 6.26 Å². The molecule has 2 rings (SSSR count). The van der Waals surface area contributed by atoms with Crippen molar-refractivity contribution in [2.75, 3.05) is 5.32 Å². The average molecular weight is 267 g/mol. The Kier molecular flexibility index (Phi) is 4.95. The molecule has 0 aromatic heterocycles. The van der Waals surface area contributed by atoms with Gasteiger partial charge < -0.3 is 10.1 Å². The average Bonchev–Trinajstić information content (AvgIpc) is 2.49. The number of amides is 1. The lowest BCUT2D eigenvalue weighted by atomic mass is 10.2. The van der Waals surface area contributed by atoms with Crippen molar-refractivity contribution < 1.29 is 9.53 Å². The fraction of sp³-hybridized carbons (Fsp3) is 0.118. The Hall–Kier alpha value is -2.55. The molecule has 1 N–H and O–H groups in total. The minimum Gasteiger partial charge on any atom is -0.496 e. The van der Waals surface area contributed by atoms with Crippen LogP contribution in [0.4, 0.5) is 5.69 Å². The molecule has 0 unspecified atom stereocenters.